The number of benzene rings is 5. The van der Waals surface area contributed by atoms with E-state index in [9.17, 15) is 28.7 Å². The fraction of sp³-hybridized carbons (Fsp3) is 0. The maximum atomic E-state index is 11.7. The average Bonchev–Trinajstić information content (AvgIpc) is 3.19. The molecule has 0 aliphatic heterocycles. The van der Waals surface area contributed by atoms with E-state index in [1.807, 2.05) is 91.0 Å². The Kier molecular flexibility index (Phi) is 8.06. The second-order valence-electron chi connectivity index (χ2n) is 13.0. The van der Waals surface area contributed by atoms with E-state index < -0.39 is 15.2 Å². The lowest BCUT2D eigenvalue weighted by Gasteiger charge is -2.10. The van der Waals surface area contributed by atoms with E-state index in [1.165, 1.54) is 24.3 Å². The van der Waals surface area contributed by atoms with Gasteiger partial charge in [-0.15, -0.1) is 0 Å². The third-order valence-corrected chi connectivity index (χ3v) is 11.4. The zero-order valence-electron chi connectivity index (χ0n) is 28.1. The number of aromatic nitrogens is 4. The standard InChI is InChI=1S/C42H28N4O6P2/c47-53(48,49)33-16-8-25(9-17-33)35-20-12-27-4-6-29-14-22-37(45-41(29)39(27)43-35)31-2-1-3-32(24-31)38-23-15-30-7-5-28-13-21-36(44-40(28)42(30)46-38)26-10-18-34(19-11-26)54(50,51)52/h1-24H,(H2,47,48,49)(H2,50,51,52). The molecule has 0 bridgehead atoms. The quantitative estimate of drug-likeness (QED) is 0.0963. The van der Waals surface area contributed by atoms with Crippen LogP contribution < -0.4 is 10.6 Å². The second-order valence-corrected chi connectivity index (χ2v) is 16.2. The van der Waals surface area contributed by atoms with E-state index in [-0.39, 0.29) is 10.6 Å². The molecule has 54 heavy (non-hydrogen) atoms. The Morgan fingerprint density at radius 3 is 0.907 bits per heavy atom. The molecular formula is C42H28N4O6P2. The molecule has 0 aliphatic rings. The lowest BCUT2D eigenvalue weighted by molar-refractivity contribution is 0.385. The molecule has 4 aromatic heterocycles. The molecule has 10 nitrogen and oxygen atoms in total. The van der Waals surface area contributed by atoms with Crippen LogP contribution in [0.15, 0.2) is 146 Å². The van der Waals surface area contributed by atoms with E-state index in [0.717, 1.165) is 77.3 Å². The Hall–Kier alpha value is -5.96. The van der Waals surface area contributed by atoms with Gasteiger partial charge in [-0.25, -0.2) is 19.9 Å². The molecule has 4 heterocycles. The highest BCUT2D eigenvalue weighted by molar-refractivity contribution is 7.60. The van der Waals surface area contributed by atoms with E-state index >= 15 is 0 Å². The van der Waals surface area contributed by atoms with Gasteiger partial charge < -0.3 is 19.6 Å². The molecule has 0 atom stereocenters. The van der Waals surface area contributed by atoms with Gasteiger partial charge in [0.2, 0.25) is 0 Å². The fourth-order valence-electron chi connectivity index (χ4n) is 6.67. The van der Waals surface area contributed by atoms with Crippen molar-refractivity contribution in [3.8, 4) is 45.0 Å². The van der Waals surface area contributed by atoms with Crippen molar-refractivity contribution in [1.29, 1.82) is 0 Å². The first-order valence-corrected chi connectivity index (χ1v) is 20.1. The van der Waals surface area contributed by atoms with Crippen LogP contribution in [0.5, 0.6) is 0 Å². The van der Waals surface area contributed by atoms with Gasteiger partial charge >= 0.3 is 15.2 Å². The van der Waals surface area contributed by atoms with Crippen LogP contribution in [0.2, 0.25) is 0 Å². The van der Waals surface area contributed by atoms with E-state index in [4.69, 9.17) is 19.9 Å². The molecule has 0 fully saturated rings. The van der Waals surface area contributed by atoms with Crippen molar-refractivity contribution in [1.82, 2.24) is 19.9 Å². The van der Waals surface area contributed by atoms with Crippen LogP contribution in [0.3, 0.4) is 0 Å². The molecule has 0 saturated heterocycles. The molecule has 0 amide bonds. The average molecular weight is 747 g/mol. The van der Waals surface area contributed by atoms with Gasteiger partial charge in [0, 0.05) is 43.8 Å². The third kappa shape index (κ3) is 6.27. The molecule has 0 unspecified atom stereocenters. The number of pyridine rings is 4. The topological polar surface area (TPSA) is 167 Å². The summed E-state index contributed by atoms with van der Waals surface area (Å²) in [6, 6.07) is 44.1. The van der Waals surface area contributed by atoms with Gasteiger partial charge in [-0.3, -0.25) is 9.13 Å². The zero-order valence-corrected chi connectivity index (χ0v) is 29.9. The van der Waals surface area contributed by atoms with Crippen molar-refractivity contribution >= 4 is 69.4 Å². The van der Waals surface area contributed by atoms with Crippen LogP contribution in [0, 0.1) is 0 Å². The summed E-state index contributed by atoms with van der Waals surface area (Å²) in [5.74, 6) is 0. The zero-order chi connectivity index (χ0) is 37.2. The van der Waals surface area contributed by atoms with Gasteiger partial charge in [0.15, 0.2) is 0 Å². The Morgan fingerprint density at radius 2 is 0.611 bits per heavy atom. The number of hydrogen-bond acceptors (Lipinski definition) is 6. The Balaban J connectivity index is 1.09. The first-order chi connectivity index (χ1) is 26.0. The SMILES string of the molecule is O=P(O)(O)c1ccc(-c2ccc3ccc4ccc(-c5cccc(-c6ccc7ccc8ccc(-c9ccc(P(=O)(O)O)cc9)nc8c7n6)c5)nc4c3n2)cc1. The van der Waals surface area contributed by atoms with Crippen molar-refractivity contribution in [3.05, 3.63) is 146 Å². The molecule has 262 valence electrons. The summed E-state index contributed by atoms with van der Waals surface area (Å²) in [5, 5.41) is 3.59. The largest absolute Gasteiger partial charge is 0.356 e. The number of rotatable bonds is 6. The predicted octanol–water partition coefficient (Wildman–Crippen LogP) is 8.15. The minimum absolute atomic E-state index is 0.0461. The summed E-state index contributed by atoms with van der Waals surface area (Å²) in [5.41, 5.74) is 9.01. The normalized spacial score (nSPS) is 12.2. The summed E-state index contributed by atoms with van der Waals surface area (Å²) in [7, 11) is -8.71. The highest BCUT2D eigenvalue weighted by Gasteiger charge is 2.18. The second kappa shape index (κ2) is 12.9. The summed E-state index contributed by atoms with van der Waals surface area (Å²) in [6.07, 6.45) is 0. The summed E-state index contributed by atoms with van der Waals surface area (Å²) in [6.45, 7) is 0. The molecule has 0 saturated carbocycles. The van der Waals surface area contributed by atoms with Crippen LogP contribution >= 0.6 is 15.2 Å². The number of hydrogen-bond donors (Lipinski definition) is 4. The van der Waals surface area contributed by atoms with Crippen molar-refractivity contribution in [3.63, 3.8) is 0 Å². The van der Waals surface area contributed by atoms with Gasteiger partial charge in [0.25, 0.3) is 0 Å². The molecule has 9 aromatic rings. The molecule has 5 aromatic carbocycles. The van der Waals surface area contributed by atoms with Crippen LogP contribution in [-0.4, -0.2) is 39.5 Å². The highest BCUT2D eigenvalue weighted by atomic mass is 31.2. The summed E-state index contributed by atoms with van der Waals surface area (Å²) in [4.78, 5) is 58.2. The van der Waals surface area contributed by atoms with Gasteiger partial charge in [0.05, 0.1) is 55.5 Å². The first kappa shape index (κ1) is 33.8. The van der Waals surface area contributed by atoms with E-state index in [1.54, 1.807) is 24.3 Å². The van der Waals surface area contributed by atoms with Crippen molar-refractivity contribution < 1.29 is 28.7 Å². The fourth-order valence-corrected chi connectivity index (χ4v) is 7.74. The van der Waals surface area contributed by atoms with Crippen LogP contribution in [-0.2, 0) is 9.13 Å². The van der Waals surface area contributed by atoms with E-state index in [0.29, 0.717) is 11.4 Å². The Morgan fingerprint density at radius 1 is 0.333 bits per heavy atom. The molecule has 0 radical (unpaired) electrons. The Bertz CT molecular complexity index is 2850. The molecule has 0 spiro atoms. The minimum atomic E-state index is -4.35. The van der Waals surface area contributed by atoms with Crippen molar-refractivity contribution in [2.75, 3.05) is 0 Å². The lowest BCUT2D eigenvalue weighted by Crippen LogP contribution is -2.02. The maximum absolute atomic E-state index is 11.7. The van der Waals surface area contributed by atoms with Crippen LogP contribution in [0.4, 0.5) is 0 Å². The Labute approximate surface area is 307 Å². The van der Waals surface area contributed by atoms with Crippen molar-refractivity contribution in [2.24, 2.45) is 0 Å². The highest BCUT2D eigenvalue weighted by Crippen LogP contribution is 2.36. The van der Waals surface area contributed by atoms with Crippen LogP contribution in [0.1, 0.15) is 0 Å². The van der Waals surface area contributed by atoms with Gasteiger partial charge in [0.1, 0.15) is 0 Å². The summed E-state index contributed by atoms with van der Waals surface area (Å²) >= 11 is 0. The van der Waals surface area contributed by atoms with E-state index in [2.05, 4.69) is 6.07 Å². The first-order valence-electron chi connectivity index (χ1n) is 16.8. The third-order valence-electron chi connectivity index (χ3n) is 9.49. The molecule has 12 heteroatoms. The van der Waals surface area contributed by atoms with Gasteiger partial charge in [-0.1, -0.05) is 91.0 Å². The number of fused-ring (bicyclic) bond motifs is 6. The molecule has 9 rings (SSSR count). The van der Waals surface area contributed by atoms with Crippen molar-refractivity contribution in [2.45, 2.75) is 0 Å². The molecule has 0 aliphatic carbocycles. The summed E-state index contributed by atoms with van der Waals surface area (Å²) < 4.78 is 23.4. The molecular weight excluding hydrogens is 718 g/mol. The predicted molar refractivity (Wildman–Crippen MR) is 213 cm³/mol. The van der Waals surface area contributed by atoms with Gasteiger partial charge in [-0.2, -0.15) is 0 Å². The number of nitrogens with zero attached hydrogens (tertiary/aromatic N) is 4. The van der Waals surface area contributed by atoms with Crippen LogP contribution in [0.25, 0.3) is 88.6 Å². The lowest BCUT2D eigenvalue weighted by atomic mass is 10.0. The van der Waals surface area contributed by atoms with Gasteiger partial charge in [-0.05, 0) is 54.6 Å². The minimum Gasteiger partial charge on any atom is -0.321 e. The monoisotopic (exact) mass is 746 g/mol. The smallest absolute Gasteiger partial charge is 0.321 e. The maximum Gasteiger partial charge on any atom is 0.356 e. The molecule has 4 N–H and O–H groups in total.